The van der Waals surface area contributed by atoms with Crippen LogP contribution in [0.15, 0.2) is 24.4 Å². The van der Waals surface area contributed by atoms with E-state index in [1.807, 2.05) is 6.07 Å². The minimum absolute atomic E-state index is 0.298. The molecule has 0 aromatic carbocycles. The maximum atomic E-state index is 11.3. The summed E-state index contributed by atoms with van der Waals surface area (Å²) in [5, 5.41) is 10.6. The Morgan fingerprint density at radius 1 is 1.32 bits per heavy atom. The Kier molecular flexibility index (Phi) is 4.31. The van der Waals surface area contributed by atoms with Crippen molar-refractivity contribution in [3.8, 4) is 5.88 Å². The third kappa shape index (κ3) is 3.08. The van der Waals surface area contributed by atoms with Crippen LogP contribution < -0.4 is 4.74 Å². The van der Waals surface area contributed by atoms with E-state index in [4.69, 9.17) is 4.74 Å². The number of hydrogen-bond donors (Lipinski definition) is 1. The molecule has 2 aromatic heterocycles. The summed E-state index contributed by atoms with van der Waals surface area (Å²) < 4.78 is 5.15. The number of ketones is 1. The first-order valence-corrected chi connectivity index (χ1v) is 7.39. The molecular formula is C16H19N3O3. The molecule has 0 aliphatic carbocycles. The second-order valence-corrected chi connectivity index (χ2v) is 5.48. The van der Waals surface area contributed by atoms with Crippen molar-refractivity contribution >= 4 is 16.8 Å². The van der Waals surface area contributed by atoms with E-state index in [9.17, 15) is 9.90 Å². The molecule has 1 saturated heterocycles. The topological polar surface area (TPSA) is 75.6 Å². The molecule has 0 radical (unpaired) electrons. The second kappa shape index (κ2) is 6.37. The zero-order valence-corrected chi connectivity index (χ0v) is 12.5. The van der Waals surface area contributed by atoms with Crippen LogP contribution in [-0.2, 0) is 4.79 Å². The summed E-state index contributed by atoms with van der Waals surface area (Å²) in [6, 6.07) is 5.37. The van der Waals surface area contributed by atoms with Gasteiger partial charge in [-0.25, -0.2) is 4.98 Å². The Balaban J connectivity index is 1.83. The highest BCUT2D eigenvalue weighted by atomic mass is 16.5. The molecule has 1 atom stereocenters. The minimum Gasteiger partial charge on any atom is -0.481 e. The summed E-state index contributed by atoms with van der Waals surface area (Å²) >= 11 is 0. The number of nitrogens with zero attached hydrogens (tertiary/aromatic N) is 3. The van der Waals surface area contributed by atoms with Gasteiger partial charge in [0.1, 0.15) is 5.78 Å². The first-order valence-electron chi connectivity index (χ1n) is 7.39. The maximum absolute atomic E-state index is 11.3. The number of aliphatic hydroxyl groups is 1. The first kappa shape index (κ1) is 14.9. The number of likely N-dealkylation sites (tertiary alicyclic amines) is 1. The van der Waals surface area contributed by atoms with E-state index >= 15 is 0 Å². The number of pyridine rings is 2. The third-order valence-corrected chi connectivity index (χ3v) is 4.00. The molecule has 1 aliphatic heterocycles. The second-order valence-electron chi connectivity index (χ2n) is 5.48. The fraction of sp³-hybridized carbons (Fsp3) is 0.438. The highest BCUT2D eigenvalue weighted by Crippen LogP contribution is 2.24. The van der Waals surface area contributed by atoms with Gasteiger partial charge in [-0.05, 0) is 12.1 Å². The van der Waals surface area contributed by atoms with Crippen LogP contribution in [0.1, 0.15) is 24.5 Å². The molecule has 0 saturated carbocycles. The number of aromatic nitrogens is 2. The maximum Gasteiger partial charge on any atom is 0.213 e. The van der Waals surface area contributed by atoms with Gasteiger partial charge in [0.05, 0.1) is 24.2 Å². The smallest absolute Gasteiger partial charge is 0.213 e. The molecule has 22 heavy (non-hydrogen) atoms. The minimum atomic E-state index is -0.668. The molecule has 6 heteroatoms. The average molecular weight is 301 g/mol. The van der Waals surface area contributed by atoms with Gasteiger partial charge in [0, 0.05) is 50.3 Å². The molecule has 0 spiro atoms. The number of methoxy groups -OCH3 is 1. The van der Waals surface area contributed by atoms with Gasteiger partial charge in [-0.3, -0.25) is 14.7 Å². The number of hydrogen-bond acceptors (Lipinski definition) is 6. The highest BCUT2D eigenvalue weighted by molar-refractivity contribution is 5.79. The van der Waals surface area contributed by atoms with Crippen molar-refractivity contribution < 1.29 is 14.6 Å². The van der Waals surface area contributed by atoms with Crippen LogP contribution in [0.5, 0.6) is 5.88 Å². The van der Waals surface area contributed by atoms with Crippen LogP contribution in [0.3, 0.4) is 0 Å². The van der Waals surface area contributed by atoms with Gasteiger partial charge in [0.25, 0.3) is 0 Å². The fourth-order valence-electron chi connectivity index (χ4n) is 2.74. The Hall–Kier alpha value is -2.05. The van der Waals surface area contributed by atoms with E-state index in [0.29, 0.717) is 49.7 Å². The molecular weight excluding hydrogens is 282 g/mol. The summed E-state index contributed by atoms with van der Waals surface area (Å²) in [6.45, 7) is 1.90. The van der Waals surface area contributed by atoms with Gasteiger partial charge in [0.2, 0.25) is 5.88 Å². The first-order chi connectivity index (χ1) is 10.7. The molecule has 6 nitrogen and oxygen atoms in total. The van der Waals surface area contributed by atoms with Crippen LogP contribution in [0.4, 0.5) is 0 Å². The van der Waals surface area contributed by atoms with Crippen molar-refractivity contribution in [1.82, 2.24) is 14.9 Å². The lowest BCUT2D eigenvalue weighted by Crippen LogP contribution is -2.36. The van der Waals surface area contributed by atoms with E-state index < -0.39 is 6.10 Å². The number of β-amino-alcohol motifs (C(OH)–C–C–N with tert-alkyl or cyclic N) is 1. The number of fused-ring (bicyclic) bond motifs is 1. The number of piperidine rings is 1. The SMILES string of the molecule is COc1ccc2nccc(C(O)CN3CCC(=O)CC3)c2n1. The van der Waals surface area contributed by atoms with Gasteiger partial charge in [-0.15, -0.1) is 0 Å². The lowest BCUT2D eigenvalue weighted by Gasteiger charge is -2.28. The monoisotopic (exact) mass is 301 g/mol. The van der Waals surface area contributed by atoms with Crippen LogP contribution in [0, 0.1) is 0 Å². The lowest BCUT2D eigenvalue weighted by atomic mass is 10.1. The van der Waals surface area contributed by atoms with Crippen molar-refractivity contribution in [2.24, 2.45) is 0 Å². The number of rotatable bonds is 4. The normalized spacial score (nSPS) is 17.6. The predicted octanol–water partition coefficient (Wildman–Crippen LogP) is 1.34. The molecule has 1 N–H and O–H groups in total. The van der Waals surface area contributed by atoms with Crippen molar-refractivity contribution in [3.63, 3.8) is 0 Å². The van der Waals surface area contributed by atoms with E-state index in [1.54, 1.807) is 25.4 Å². The Morgan fingerprint density at radius 2 is 2.09 bits per heavy atom. The standard InChI is InChI=1S/C16H19N3O3/c1-22-15-3-2-13-16(18-15)12(4-7-17-13)14(21)10-19-8-5-11(20)6-9-19/h2-4,7,14,21H,5-6,8-10H2,1H3. The third-order valence-electron chi connectivity index (χ3n) is 4.00. The molecule has 3 heterocycles. The number of ether oxygens (including phenoxy) is 1. The van der Waals surface area contributed by atoms with Gasteiger partial charge >= 0.3 is 0 Å². The van der Waals surface area contributed by atoms with E-state index in [2.05, 4.69) is 14.9 Å². The van der Waals surface area contributed by atoms with Crippen LogP contribution in [0.25, 0.3) is 11.0 Å². The van der Waals surface area contributed by atoms with Crippen LogP contribution in [0.2, 0.25) is 0 Å². The summed E-state index contributed by atoms with van der Waals surface area (Å²) in [5.41, 5.74) is 2.12. The molecule has 2 aromatic rings. The Labute approximate surface area is 128 Å². The fourth-order valence-corrected chi connectivity index (χ4v) is 2.74. The molecule has 1 aliphatic rings. The van der Waals surface area contributed by atoms with Crippen molar-refractivity contribution in [3.05, 3.63) is 30.0 Å². The zero-order chi connectivity index (χ0) is 15.5. The number of carbonyl (C=O) groups is 1. The summed E-state index contributed by atoms with van der Waals surface area (Å²) in [4.78, 5) is 22.1. The van der Waals surface area contributed by atoms with Crippen LogP contribution in [-0.4, -0.2) is 52.5 Å². The number of aliphatic hydroxyl groups excluding tert-OH is 1. The van der Waals surface area contributed by atoms with Crippen molar-refractivity contribution in [1.29, 1.82) is 0 Å². The summed E-state index contributed by atoms with van der Waals surface area (Å²) in [6.07, 6.45) is 2.14. The molecule has 1 unspecified atom stereocenters. The molecule has 0 bridgehead atoms. The molecule has 116 valence electrons. The molecule has 1 fully saturated rings. The van der Waals surface area contributed by atoms with Gasteiger partial charge in [-0.1, -0.05) is 0 Å². The molecule has 0 amide bonds. The van der Waals surface area contributed by atoms with Gasteiger partial charge in [-0.2, -0.15) is 0 Å². The van der Waals surface area contributed by atoms with Crippen molar-refractivity contribution in [2.45, 2.75) is 18.9 Å². The Bertz CT molecular complexity index is 679. The largest absolute Gasteiger partial charge is 0.481 e. The number of Topliss-reactive ketones (excluding diaryl/α,β-unsaturated/α-hetero) is 1. The summed E-state index contributed by atoms with van der Waals surface area (Å²) in [7, 11) is 1.56. The predicted molar refractivity (Wildman–Crippen MR) is 81.7 cm³/mol. The van der Waals surface area contributed by atoms with Crippen LogP contribution >= 0.6 is 0 Å². The van der Waals surface area contributed by atoms with Gasteiger partial charge < -0.3 is 9.84 Å². The van der Waals surface area contributed by atoms with E-state index in [1.165, 1.54) is 0 Å². The quantitative estimate of drug-likeness (QED) is 0.918. The Morgan fingerprint density at radius 3 is 2.82 bits per heavy atom. The highest BCUT2D eigenvalue weighted by Gasteiger charge is 2.21. The van der Waals surface area contributed by atoms with Crippen molar-refractivity contribution in [2.75, 3.05) is 26.7 Å². The van der Waals surface area contributed by atoms with Gasteiger partial charge in [0.15, 0.2) is 0 Å². The zero-order valence-electron chi connectivity index (χ0n) is 12.5. The molecule has 3 rings (SSSR count). The summed E-state index contributed by atoms with van der Waals surface area (Å²) in [5.74, 6) is 0.795. The average Bonchev–Trinajstić information content (AvgIpc) is 2.55. The van der Waals surface area contributed by atoms with E-state index in [0.717, 1.165) is 11.1 Å². The van der Waals surface area contributed by atoms with E-state index in [-0.39, 0.29) is 0 Å². The lowest BCUT2D eigenvalue weighted by molar-refractivity contribution is -0.121. The number of carbonyl (C=O) groups excluding carboxylic acids is 1.